The number of benzene rings is 2. The van der Waals surface area contributed by atoms with E-state index in [1.165, 1.54) is 14.2 Å². The molecule has 2 aromatic carbocycles. The van der Waals surface area contributed by atoms with Gasteiger partial charge in [-0.25, -0.2) is 4.39 Å². The van der Waals surface area contributed by atoms with Gasteiger partial charge < -0.3 is 29.1 Å². The average Bonchev–Trinajstić information content (AvgIpc) is 3.17. The lowest BCUT2D eigenvalue weighted by Crippen LogP contribution is -2.36. The Hall–Kier alpha value is -3.33. The molecule has 1 fully saturated rings. The van der Waals surface area contributed by atoms with Crippen LogP contribution in [-0.2, 0) is 12.0 Å². The van der Waals surface area contributed by atoms with Crippen molar-refractivity contribution >= 4 is 17.3 Å². The second-order valence-electron chi connectivity index (χ2n) is 10.6. The molecule has 1 saturated heterocycles. The molecule has 0 bridgehead atoms. The maximum absolute atomic E-state index is 15.2. The molecule has 0 spiro atoms. The smallest absolute Gasteiger partial charge is 0.197 e. The van der Waals surface area contributed by atoms with Crippen molar-refractivity contribution < 1.29 is 28.5 Å². The van der Waals surface area contributed by atoms with Crippen molar-refractivity contribution in [3.8, 4) is 17.2 Å². The maximum Gasteiger partial charge on any atom is 0.197 e. The number of Topliss-reactive ketones (excluding diaryl/α,β-unsaturated/α-hetero) is 1. The number of ketones is 1. The van der Waals surface area contributed by atoms with Crippen LogP contribution in [0, 0.1) is 11.2 Å². The van der Waals surface area contributed by atoms with E-state index in [9.17, 15) is 9.90 Å². The fourth-order valence-electron chi connectivity index (χ4n) is 5.11. The first-order valence-corrected chi connectivity index (χ1v) is 12.5. The van der Waals surface area contributed by atoms with Crippen molar-refractivity contribution in [2.24, 2.45) is 0 Å². The van der Waals surface area contributed by atoms with Gasteiger partial charge >= 0.3 is 0 Å². The van der Waals surface area contributed by atoms with Crippen LogP contribution >= 0.6 is 0 Å². The number of fused-ring (bicyclic) bond motifs is 1. The Morgan fingerprint density at radius 2 is 1.73 bits per heavy atom. The predicted octanol–water partition coefficient (Wildman–Crippen LogP) is 4.13. The molecule has 0 atom stereocenters. The molecule has 200 valence electrons. The van der Waals surface area contributed by atoms with E-state index in [0.29, 0.717) is 37.1 Å². The number of rotatable bonds is 7. The van der Waals surface area contributed by atoms with E-state index in [-0.39, 0.29) is 53.3 Å². The standard InChI is InChI=1S/C28H36FN3O5/c1-28(2,3)19-11-16(12-20(25(19)36-5)31-9-7-18(33)8-10-31)21(34)15-32-14-17-13-22(35-4)26(37-6)24(29)23(17)27(32)30/h11-13,18,30,33H,7-10,14-15H2,1-6H3. The highest BCUT2D eigenvalue weighted by Crippen LogP contribution is 2.42. The summed E-state index contributed by atoms with van der Waals surface area (Å²) >= 11 is 0. The molecule has 8 nitrogen and oxygen atoms in total. The highest BCUT2D eigenvalue weighted by Gasteiger charge is 2.34. The lowest BCUT2D eigenvalue weighted by molar-refractivity contribution is 0.0962. The van der Waals surface area contributed by atoms with Gasteiger partial charge in [-0.05, 0) is 42.0 Å². The summed E-state index contributed by atoms with van der Waals surface area (Å²) in [5, 5.41) is 18.6. The van der Waals surface area contributed by atoms with E-state index >= 15 is 4.39 Å². The summed E-state index contributed by atoms with van der Waals surface area (Å²) < 4.78 is 31.4. The second-order valence-corrected chi connectivity index (χ2v) is 10.6. The summed E-state index contributed by atoms with van der Waals surface area (Å²) in [6.45, 7) is 7.67. The number of ether oxygens (including phenoxy) is 3. The molecule has 2 aromatic rings. The number of hydrogen-bond acceptors (Lipinski definition) is 7. The Morgan fingerprint density at radius 1 is 1.08 bits per heavy atom. The SMILES string of the molecule is COc1cc2c(c(F)c1OC)C(=N)N(CC(=O)c1cc(N3CCC(O)CC3)c(OC)c(C(C)(C)C)c1)C2. The lowest BCUT2D eigenvalue weighted by Gasteiger charge is -2.35. The van der Waals surface area contributed by atoms with E-state index in [4.69, 9.17) is 19.6 Å². The molecule has 0 aromatic heterocycles. The first-order chi connectivity index (χ1) is 17.5. The highest BCUT2D eigenvalue weighted by atomic mass is 19.1. The molecule has 0 unspecified atom stereocenters. The quantitative estimate of drug-likeness (QED) is 0.538. The summed E-state index contributed by atoms with van der Waals surface area (Å²) in [5.41, 5.74) is 2.64. The van der Waals surface area contributed by atoms with E-state index in [0.717, 1.165) is 17.0 Å². The number of aliphatic hydroxyl groups is 1. The molecule has 0 aliphatic carbocycles. The summed E-state index contributed by atoms with van der Waals surface area (Å²) in [6.07, 6.45) is 0.969. The van der Waals surface area contributed by atoms with Gasteiger partial charge in [0.05, 0.1) is 45.2 Å². The Kier molecular flexibility index (Phi) is 7.37. The van der Waals surface area contributed by atoms with Gasteiger partial charge in [0.15, 0.2) is 23.1 Å². The molecule has 0 saturated carbocycles. The third-order valence-electron chi connectivity index (χ3n) is 7.15. The zero-order valence-electron chi connectivity index (χ0n) is 22.4. The van der Waals surface area contributed by atoms with Gasteiger partial charge in [-0.1, -0.05) is 20.8 Å². The van der Waals surface area contributed by atoms with Crippen LogP contribution in [0.1, 0.15) is 60.7 Å². The molecule has 0 radical (unpaired) electrons. The van der Waals surface area contributed by atoms with Gasteiger partial charge in [0.1, 0.15) is 11.6 Å². The monoisotopic (exact) mass is 513 g/mol. The van der Waals surface area contributed by atoms with Gasteiger partial charge in [0, 0.05) is 30.8 Å². The Bertz CT molecular complexity index is 1220. The number of piperidine rings is 1. The molecule has 2 N–H and O–H groups in total. The van der Waals surface area contributed by atoms with E-state index in [1.54, 1.807) is 18.1 Å². The van der Waals surface area contributed by atoms with Crippen LogP contribution in [0.15, 0.2) is 18.2 Å². The molecular formula is C28H36FN3O5. The van der Waals surface area contributed by atoms with Crippen molar-refractivity contribution in [1.82, 2.24) is 4.90 Å². The van der Waals surface area contributed by atoms with E-state index in [1.807, 2.05) is 12.1 Å². The number of halogens is 1. The number of carbonyl (C=O) groups excluding carboxylic acids is 1. The largest absolute Gasteiger partial charge is 0.494 e. The number of methoxy groups -OCH3 is 3. The normalized spacial score (nSPS) is 16.2. The van der Waals surface area contributed by atoms with Crippen molar-refractivity contribution in [2.45, 2.75) is 51.7 Å². The van der Waals surface area contributed by atoms with Gasteiger partial charge in [-0.3, -0.25) is 10.2 Å². The number of nitrogens with one attached hydrogen (secondary N) is 1. The van der Waals surface area contributed by atoms with Crippen LogP contribution < -0.4 is 19.1 Å². The number of carbonyl (C=O) groups is 1. The summed E-state index contributed by atoms with van der Waals surface area (Å²) in [6, 6.07) is 5.36. The minimum atomic E-state index is -0.661. The van der Waals surface area contributed by atoms with Gasteiger partial charge in [0.2, 0.25) is 0 Å². The third-order valence-corrected chi connectivity index (χ3v) is 7.15. The first kappa shape index (κ1) is 26.7. The first-order valence-electron chi connectivity index (χ1n) is 12.5. The number of nitrogens with zero attached hydrogens (tertiary/aromatic N) is 2. The van der Waals surface area contributed by atoms with Crippen molar-refractivity contribution in [1.29, 1.82) is 5.41 Å². The summed E-state index contributed by atoms with van der Waals surface area (Å²) in [5.74, 6) is 0.0234. The van der Waals surface area contributed by atoms with Crippen LogP contribution in [0.4, 0.5) is 10.1 Å². The van der Waals surface area contributed by atoms with Crippen LogP contribution in [0.25, 0.3) is 0 Å². The summed E-state index contributed by atoms with van der Waals surface area (Å²) in [4.78, 5) is 17.3. The Balaban J connectivity index is 1.67. The molecule has 2 heterocycles. The minimum absolute atomic E-state index is 0.0551. The van der Waals surface area contributed by atoms with Gasteiger partial charge in [-0.2, -0.15) is 0 Å². The Labute approximate surface area is 217 Å². The number of amidine groups is 1. The molecule has 0 amide bonds. The zero-order valence-corrected chi connectivity index (χ0v) is 22.4. The molecular weight excluding hydrogens is 477 g/mol. The van der Waals surface area contributed by atoms with Crippen LogP contribution in [0.5, 0.6) is 17.2 Å². The lowest BCUT2D eigenvalue weighted by atomic mass is 9.84. The van der Waals surface area contributed by atoms with Crippen LogP contribution in [0.3, 0.4) is 0 Å². The fraction of sp³-hybridized carbons (Fsp3) is 0.500. The van der Waals surface area contributed by atoms with Crippen molar-refractivity contribution in [2.75, 3.05) is 45.9 Å². The maximum atomic E-state index is 15.2. The molecule has 37 heavy (non-hydrogen) atoms. The predicted molar refractivity (Wildman–Crippen MR) is 140 cm³/mol. The molecule has 2 aliphatic rings. The van der Waals surface area contributed by atoms with Crippen molar-refractivity contribution in [3.63, 3.8) is 0 Å². The summed E-state index contributed by atoms with van der Waals surface area (Å²) in [7, 11) is 4.42. The highest BCUT2D eigenvalue weighted by molar-refractivity contribution is 6.06. The second kappa shape index (κ2) is 10.2. The molecule has 2 aliphatic heterocycles. The fourth-order valence-corrected chi connectivity index (χ4v) is 5.11. The number of hydrogen-bond donors (Lipinski definition) is 2. The number of anilines is 1. The molecule has 9 heteroatoms. The van der Waals surface area contributed by atoms with Gasteiger partial charge in [-0.15, -0.1) is 0 Å². The average molecular weight is 514 g/mol. The topological polar surface area (TPSA) is 95.3 Å². The van der Waals surface area contributed by atoms with Crippen LogP contribution in [-0.4, -0.2) is 68.7 Å². The molecule has 4 rings (SSSR count). The zero-order chi connectivity index (χ0) is 27.1. The van der Waals surface area contributed by atoms with Gasteiger partial charge in [0.25, 0.3) is 0 Å². The third kappa shape index (κ3) is 4.97. The van der Waals surface area contributed by atoms with Crippen molar-refractivity contribution in [3.05, 3.63) is 46.3 Å². The number of aliphatic hydroxyl groups excluding tert-OH is 1. The Morgan fingerprint density at radius 3 is 2.30 bits per heavy atom. The van der Waals surface area contributed by atoms with E-state index in [2.05, 4.69) is 25.7 Å². The van der Waals surface area contributed by atoms with Crippen LogP contribution in [0.2, 0.25) is 0 Å². The minimum Gasteiger partial charge on any atom is -0.494 e. The van der Waals surface area contributed by atoms with E-state index < -0.39 is 5.82 Å².